The van der Waals surface area contributed by atoms with Crippen molar-refractivity contribution in [2.75, 3.05) is 0 Å². The summed E-state index contributed by atoms with van der Waals surface area (Å²) < 4.78 is 0.806. The van der Waals surface area contributed by atoms with Gasteiger partial charge in [-0.1, -0.05) is 30.4 Å². The summed E-state index contributed by atoms with van der Waals surface area (Å²) in [5, 5.41) is 0. The molecule has 0 amide bonds. The standard InChI is InChI=1S/C8H7ClS/c1-2-3-4-7-5-6-8(9)10-7/h5-6H,2H2,1H3. The molecule has 0 atom stereocenters. The summed E-state index contributed by atoms with van der Waals surface area (Å²) in [4.78, 5) is 1.05. The second-order valence-corrected chi connectivity index (χ2v) is 3.47. The van der Waals surface area contributed by atoms with Gasteiger partial charge in [0.2, 0.25) is 0 Å². The maximum Gasteiger partial charge on any atom is 0.0941 e. The molecule has 0 spiro atoms. The summed E-state index contributed by atoms with van der Waals surface area (Å²) in [6, 6.07) is 3.81. The third-order valence-electron chi connectivity index (χ3n) is 0.962. The smallest absolute Gasteiger partial charge is 0.0941 e. The van der Waals surface area contributed by atoms with E-state index in [9.17, 15) is 0 Å². The average Bonchev–Trinajstić information content (AvgIpc) is 2.31. The molecule has 0 N–H and O–H groups in total. The van der Waals surface area contributed by atoms with Gasteiger partial charge in [0.15, 0.2) is 0 Å². The Labute approximate surface area is 69.8 Å². The van der Waals surface area contributed by atoms with Crippen molar-refractivity contribution in [3.8, 4) is 11.8 Å². The van der Waals surface area contributed by atoms with Crippen LogP contribution in [0.15, 0.2) is 12.1 Å². The first kappa shape index (κ1) is 7.65. The van der Waals surface area contributed by atoms with Crippen LogP contribution in [0.1, 0.15) is 18.2 Å². The summed E-state index contributed by atoms with van der Waals surface area (Å²) >= 11 is 7.21. The maximum absolute atomic E-state index is 5.69. The van der Waals surface area contributed by atoms with Gasteiger partial charge in [0, 0.05) is 6.42 Å². The van der Waals surface area contributed by atoms with Gasteiger partial charge in [-0.05, 0) is 12.1 Å². The van der Waals surface area contributed by atoms with Gasteiger partial charge in [0.1, 0.15) is 0 Å². The summed E-state index contributed by atoms with van der Waals surface area (Å²) in [6.07, 6.45) is 0.898. The van der Waals surface area contributed by atoms with E-state index in [4.69, 9.17) is 11.6 Å². The lowest BCUT2D eigenvalue weighted by Gasteiger charge is -1.73. The predicted molar refractivity (Wildman–Crippen MR) is 46.5 cm³/mol. The van der Waals surface area contributed by atoms with Crippen molar-refractivity contribution in [2.45, 2.75) is 13.3 Å². The Morgan fingerprint density at radius 3 is 2.90 bits per heavy atom. The summed E-state index contributed by atoms with van der Waals surface area (Å²) in [5.74, 6) is 5.98. The van der Waals surface area contributed by atoms with Crippen LogP contribution >= 0.6 is 22.9 Å². The van der Waals surface area contributed by atoms with Crippen molar-refractivity contribution in [2.24, 2.45) is 0 Å². The molecule has 0 aliphatic rings. The second kappa shape index (κ2) is 3.65. The van der Waals surface area contributed by atoms with Crippen LogP contribution in [-0.4, -0.2) is 0 Å². The highest BCUT2D eigenvalue weighted by atomic mass is 35.5. The molecule has 0 radical (unpaired) electrons. The lowest BCUT2D eigenvalue weighted by Crippen LogP contribution is -1.58. The Kier molecular flexibility index (Phi) is 2.80. The number of thiophene rings is 1. The van der Waals surface area contributed by atoms with Crippen molar-refractivity contribution < 1.29 is 0 Å². The van der Waals surface area contributed by atoms with E-state index in [0.717, 1.165) is 15.6 Å². The molecule has 52 valence electrons. The normalized spacial score (nSPS) is 8.60. The van der Waals surface area contributed by atoms with E-state index in [1.54, 1.807) is 0 Å². The van der Waals surface area contributed by atoms with Gasteiger partial charge in [-0.3, -0.25) is 0 Å². The van der Waals surface area contributed by atoms with Crippen molar-refractivity contribution in [1.29, 1.82) is 0 Å². The quantitative estimate of drug-likeness (QED) is 0.525. The van der Waals surface area contributed by atoms with Crippen molar-refractivity contribution in [1.82, 2.24) is 0 Å². The van der Waals surface area contributed by atoms with Crippen molar-refractivity contribution in [3.05, 3.63) is 21.3 Å². The number of hydrogen-bond acceptors (Lipinski definition) is 1. The van der Waals surface area contributed by atoms with Crippen LogP contribution in [0.3, 0.4) is 0 Å². The third kappa shape index (κ3) is 2.06. The van der Waals surface area contributed by atoms with Gasteiger partial charge in [-0.15, -0.1) is 11.3 Å². The van der Waals surface area contributed by atoms with Gasteiger partial charge in [0.25, 0.3) is 0 Å². The number of halogens is 1. The van der Waals surface area contributed by atoms with Crippen LogP contribution in [0.5, 0.6) is 0 Å². The average molecular weight is 171 g/mol. The van der Waals surface area contributed by atoms with E-state index in [-0.39, 0.29) is 0 Å². The first-order chi connectivity index (χ1) is 4.83. The molecule has 0 unspecified atom stereocenters. The van der Waals surface area contributed by atoms with Gasteiger partial charge < -0.3 is 0 Å². The summed E-state index contributed by atoms with van der Waals surface area (Å²) in [6.45, 7) is 2.03. The Morgan fingerprint density at radius 2 is 2.40 bits per heavy atom. The molecule has 0 bridgehead atoms. The van der Waals surface area contributed by atoms with Gasteiger partial charge in [-0.25, -0.2) is 0 Å². The molecule has 0 nitrogen and oxygen atoms in total. The van der Waals surface area contributed by atoms with Gasteiger partial charge in [-0.2, -0.15) is 0 Å². The van der Waals surface area contributed by atoms with Crippen LogP contribution < -0.4 is 0 Å². The molecular weight excluding hydrogens is 164 g/mol. The Morgan fingerprint density at radius 1 is 1.60 bits per heavy atom. The zero-order valence-electron chi connectivity index (χ0n) is 5.65. The lowest BCUT2D eigenvalue weighted by molar-refractivity contribution is 1.28. The van der Waals surface area contributed by atoms with E-state index < -0.39 is 0 Å². The van der Waals surface area contributed by atoms with E-state index in [0.29, 0.717) is 0 Å². The lowest BCUT2D eigenvalue weighted by atomic mass is 10.4. The van der Waals surface area contributed by atoms with Crippen LogP contribution in [-0.2, 0) is 0 Å². The predicted octanol–water partition coefficient (Wildman–Crippen LogP) is 3.16. The van der Waals surface area contributed by atoms with Gasteiger partial charge in [0.05, 0.1) is 9.21 Å². The molecular formula is C8H7ClS. The summed E-state index contributed by atoms with van der Waals surface area (Å²) in [7, 11) is 0. The zero-order chi connectivity index (χ0) is 7.40. The number of hydrogen-bond donors (Lipinski definition) is 0. The first-order valence-electron chi connectivity index (χ1n) is 3.07. The molecule has 1 aromatic heterocycles. The minimum Gasteiger partial charge on any atom is -0.115 e. The fourth-order valence-electron chi connectivity index (χ4n) is 0.557. The molecule has 2 heteroatoms. The SMILES string of the molecule is CCC#Cc1ccc(Cl)s1. The fourth-order valence-corrected chi connectivity index (χ4v) is 1.47. The highest BCUT2D eigenvalue weighted by molar-refractivity contribution is 7.16. The second-order valence-electron chi connectivity index (χ2n) is 1.76. The molecule has 1 aromatic rings. The Hall–Kier alpha value is -0.450. The Balaban J connectivity index is 2.76. The van der Waals surface area contributed by atoms with Crippen LogP contribution in [0.4, 0.5) is 0 Å². The molecule has 0 aliphatic carbocycles. The molecule has 1 rings (SSSR count). The highest BCUT2D eigenvalue weighted by Gasteiger charge is 1.90. The van der Waals surface area contributed by atoms with Crippen LogP contribution in [0.2, 0.25) is 4.34 Å². The monoisotopic (exact) mass is 170 g/mol. The molecule has 0 saturated carbocycles. The molecule has 0 fully saturated rings. The minimum atomic E-state index is 0.806. The molecule has 0 saturated heterocycles. The van der Waals surface area contributed by atoms with E-state index >= 15 is 0 Å². The van der Waals surface area contributed by atoms with Gasteiger partial charge >= 0.3 is 0 Å². The highest BCUT2D eigenvalue weighted by Crippen LogP contribution is 2.20. The first-order valence-corrected chi connectivity index (χ1v) is 4.26. The molecule has 0 aliphatic heterocycles. The van der Waals surface area contributed by atoms with Crippen molar-refractivity contribution >= 4 is 22.9 Å². The summed E-state index contributed by atoms with van der Waals surface area (Å²) in [5.41, 5.74) is 0. The molecule has 0 aromatic carbocycles. The van der Waals surface area contributed by atoms with E-state index in [1.165, 1.54) is 11.3 Å². The number of rotatable bonds is 0. The largest absolute Gasteiger partial charge is 0.115 e. The van der Waals surface area contributed by atoms with Crippen LogP contribution in [0, 0.1) is 11.8 Å². The van der Waals surface area contributed by atoms with E-state index in [2.05, 4.69) is 11.8 Å². The molecule has 10 heavy (non-hydrogen) atoms. The minimum absolute atomic E-state index is 0.806. The van der Waals surface area contributed by atoms with E-state index in [1.807, 2.05) is 19.1 Å². The zero-order valence-corrected chi connectivity index (χ0v) is 7.22. The van der Waals surface area contributed by atoms with Crippen molar-refractivity contribution in [3.63, 3.8) is 0 Å². The fraction of sp³-hybridized carbons (Fsp3) is 0.250. The Bertz CT molecular complexity index is 264. The third-order valence-corrected chi connectivity index (χ3v) is 2.11. The van der Waals surface area contributed by atoms with Crippen LogP contribution in [0.25, 0.3) is 0 Å². The topological polar surface area (TPSA) is 0 Å². The maximum atomic E-state index is 5.69. The molecule has 1 heterocycles.